The third-order valence-electron chi connectivity index (χ3n) is 5.11. The lowest BCUT2D eigenvalue weighted by Gasteiger charge is -2.18. The number of phenols is 1. The SMILES string of the molecule is Cc1ccc2nc(NC(=O)[C@@H](Cc3cc(I)c(O)c(I)c3)NC(=O)OCc3ccccc3)sc2c1. The van der Waals surface area contributed by atoms with Gasteiger partial charge in [-0.2, -0.15) is 0 Å². The Morgan fingerprint density at radius 2 is 1.77 bits per heavy atom. The van der Waals surface area contributed by atoms with Crippen LogP contribution in [-0.2, 0) is 22.6 Å². The van der Waals surface area contributed by atoms with E-state index in [9.17, 15) is 14.7 Å². The van der Waals surface area contributed by atoms with Crippen LogP contribution in [0.2, 0.25) is 0 Å². The van der Waals surface area contributed by atoms with E-state index in [0.29, 0.717) is 12.3 Å². The van der Waals surface area contributed by atoms with E-state index in [4.69, 9.17) is 4.74 Å². The largest absolute Gasteiger partial charge is 0.506 e. The van der Waals surface area contributed by atoms with Crippen LogP contribution in [0.15, 0.2) is 60.7 Å². The predicted octanol–water partition coefficient (Wildman–Crippen LogP) is 6.00. The van der Waals surface area contributed by atoms with Gasteiger partial charge in [0, 0.05) is 6.42 Å². The normalized spacial score (nSPS) is 11.7. The van der Waals surface area contributed by atoms with Crippen molar-refractivity contribution >= 4 is 83.9 Å². The molecule has 0 bridgehead atoms. The van der Waals surface area contributed by atoms with Crippen LogP contribution in [0.25, 0.3) is 10.2 Å². The van der Waals surface area contributed by atoms with E-state index >= 15 is 0 Å². The van der Waals surface area contributed by atoms with Crippen LogP contribution >= 0.6 is 56.5 Å². The van der Waals surface area contributed by atoms with Crippen molar-refractivity contribution in [3.05, 3.63) is 84.5 Å². The molecule has 0 unspecified atom stereocenters. The second-order valence-corrected chi connectivity index (χ2v) is 11.2. The van der Waals surface area contributed by atoms with Gasteiger partial charge in [0.2, 0.25) is 5.91 Å². The standard InChI is InChI=1S/C25H21I2N3O4S/c1-14-7-8-19-21(9-14)35-24(28-19)30-23(32)20(12-16-10-17(26)22(31)18(27)11-16)29-25(33)34-13-15-5-3-2-4-6-15/h2-11,20,31H,12-13H2,1H3,(H,29,33)(H,28,30,32)/t20-/m1/s1. The minimum atomic E-state index is -0.914. The van der Waals surface area contributed by atoms with Crippen LogP contribution in [0.3, 0.4) is 0 Å². The first-order valence-electron chi connectivity index (χ1n) is 10.6. The number of rotatable bonds is 7. The Morgan fingerprint density at radius 1 is 1.06 bits per heavy atom. The predicted molar refractivity (Wildman–Crippen MR) is 154 cm³/mol. The maximum atomic E-state index is 13.2. The number of halogens is 2. The van der Waals surface area contributed by atoms with Gasteiger partial charge >= 0.3 is 6.09 Å². The number of anilines is 1. The Hall–Kier alpha value is -2.45. The number of nitrogens with one attached hydrogen (secondary N) is 2. The van der Waals surface area contributed by atoms with E-state index in [1.54, 1.807) is 12.1 Å². The van der Waals surface area contributed by atoms with Gasteiger partial charge < -0.3 is 20.5 Å². The molecule has 4 aromatic rings. The van der Waals surface area contributed by atoms with E-state index in [-0.39, 0.29) is 18.8 Å². The van der Waals surface area contributed by atoms with Gasteiger partial charge in [0.1, 0.15) is 18.4 Å². The number of fused-ring (bicyclic) bond motifs is 1. The Bertz CT molecular complexity index is 1350. The van der Waals surface area contributed by atoms with Crippen LogP contribution in [0, 0.1) is 14.1 Å². The summed E-state index contributed by atoms with van der Waals surface area (Å²) in [6.45, 7) is 2.09. The van der Waals surface area contributed by atoms with Crippen molar-refractivity contribution in [1.82, 2.24) is 10.3 Å². The summed E-state index contributed by atoms with van der Waals surface area (Å²) < 4.78 is 7.63. The smallest absolute Gasteiger partial charge is 0.408 e. The molecule has 0 saturated carbocycles. The molecule has 0 aliphatic carbocycles. The lowest BCUT2D eigenvalue weighted by Crippen LogP contribution is -2.45. The van der Waals surface area contributed by atoms with Gasteiger partial charge in [-0.15, -0.1) is 0 Å². The molecule has 0 aliphatic rings. The monoisotopic (exact) mass is 713 g/mol. The highest BCUT2D eigenvalue weighted by molar-refractivity contribution is 14.1. The maximum Gasteiger partial charge on any atom is 0.408 e. The van der Waals surface area contributed by atoms with E-state index in [2.05, 4.69) is 15.6 Å². The molecule has 0 spiro atoms. The van der Waals surface area contributed by atoms with Crippen molar-refractivity contribution in [3.8, 4) is 5.75 Å². The van der Waals surface area contributed by atoms with Crippen molar-refractivity contribution in [2.24, 2.45) is 0 Å². The third kappa shape index (κ3) is 6.82. The summed E-state index contributed by atoms with van der Waals surface area (Å²) in [5.41, 5.74) is 3.54. The zero-order valence-corrected chi connectivity index (χ0v) is 23.7. The maximum absolute atomic E-state index is 13.2. The molecule has 0 fully saturated rings. The highest BCUT2D eigenvalue weighted by Gasteiger charge is 2.24. The van der Waals surface area contributed by atoms with Gasteiger partial charge in [-0.1, -0.05) is 47.7 Å². The zero-order chi connectivity index (χ0) is 24.9. The lowest BCUT2D eigenvalue weighted by molar-refractivity contribution is -0.118. The fourth-order valence-corrected chi connectivity index (χ4v) is 6.23. The minimum Gasteiger partial charge on any atom is -0.506 e. The average molecular weight is 713 g/mol. The molecule has 1 aromatic heterocycles. The molecule has 4 rings (SSSR count). The molecule has 3 N–H and O–H groups in total. The fraction of sp³-hybridized carbons (Fsp3) is 0.160. The first-order chi connectivity index (χ1) is 16.8. The summed E-state index contributed by atoms with van der Waals surface area (Å²) in [6, 6.07) is 17.9. The quantitative estimate of drug-likeness (QED) is 0.204. The van der Waals surface area contributed by atoms with E-state index < -0.39 is 18.0 Å². The van der Waals surface area contributed by atoms with Crippen LogP contribution in [-0.4, -0.2) is 28.1 Å². The van der Waals surface area contributed by atoms with Gasteiger partial charge in [0.05, 0.1) is 17.4 Å². The van der Waals surface area contributed by atoms with Crippen molar-refractivity contribution in [2.75, 3.05) is 5.32 Å². The molecule has 0 saturated heterocycles. The highest BCUT2D eigenvalue weighted by Crippen LogP contribution is 2.29. The number of carbonyl (C=O) groups excluding carboxylic acids is 2. The number of amides is 2. The van der Waals surface area contributed by atoms with Gasteiger partial charge in [0.15, 0.2) is 5.13 Å². The number of thiazole rings is 1. The van der Waals surface area contributed by atoms with Gasteiger partial charge in [-0.3, -0.25) is 4.79 Å². The Labute approximate surface area is 233 Å². The summed E-state index contributed by atoms with van der Waals surface area (Å²) in [5.74, 6) is -0.216. The zero-order valence-electron chi connectivity index (χ0n) is 18.5. The molecule has 1 atom stereocenters. The van der Waals surface area contributed by atoms with E-state index in [1.807, 2.05) is 101 Å². The average Bonchev–Trinajstić information content (AvgIpc) is 3.22. The summed E-state index contributed by atoms with van der Waals surface area (Å²) >= 11 is 5.45. The molecular weight excluding hydrogens is 692 g/mol. The summed E-state index contributed by atoms with van der Waals surface area (Å²) in [7, 11) is 0. The number of hydrogen-bond donors (Lipinski definition) is 3. The number of benzene rings is 3. The second-order valence-electron chi connectivity index (χ2n) is 7.85. The van der Waals surface area contributed by atoms with E-state index in [0.717, 1.165) is 26.9 Å². The Kier molecular flexibility index (Phi) is 8.44. The van der Waals surface area contributed by atoms with E-state index in [1.165, 1.54) is 11.3 Å². The number of phenolic OH excluding ortho intramolecular Hbond substituents is 1. The minimum absolute atomic E-state index is 0.0905. The van der Waals surface area contributed by atoms with Crippen LogP contribution < -0.4 is 10.6 Å². The molecule has 0 radical (unpaired) electrons. The number of alkyl carbamates (subject to hydrolysis) is 1. The lowest BCUT2D eigenvalue weighted by atomic mass is 10.1. The van der Waals surface area contributed by atoms with Crippen LogP contribution in [0.1, 0.15) is 16.7 Å². The topological polar surface area (TPSA) is 101 Å². The Morgan fingerprint density at radius 3 is 2.49 bits per heavy atom. The van der Waals surface area contributed by atoms with Crippen molar-refractivity contribution in [2.45, 2.75) is 26.0 Å². The molecule has 3 aromatic carbocycles. The van der Waals surface area contributed by atoms with Gasteiger partial charge in [-0.25, -0.2) is 9.78 Å². The second kappa shape index (κ2) is 11.5. The Balaban J connectivity index is 1.51. The molecule has 35 heavy (non-hydrogen) atoms. The van der Waals surface area contributed by atoms with Crippen molar-refractivity contribution in [1.29, 1.82) is 0 Å². The number of hydrogen-bond acceptors (Lipinski definition) is 6. The summed E-state index contributed by atoms with van der Waals surface area (Å²) in [4.78, 5) is 30.3. The number of aryl methyl sites for hydroxylation is 1. The molecule has 2 amide bonds. The highest BCUT2D eigenvalue weighted by atomic mass is 127. The number of aromatic hydroxyl groups is 1. The molecule has 180 valence electrons. The van der Waals surface area contributed by atoms with Crippen molar-refractivity contribution in [3.63, 3.8) is 0 Å². The number of carbonyl (C=O) groups is 2. The number of nitrogens with zero attached hydrogens (tertiary/aromatic N) is 1. The first-order valence-corrected chi connectivity index (χ1v) is 13.6. The molecule has 10 heteroatoms. The fourth-order valence-electron chi connectivity index (χ4n) is 3.37. The van der Waals surface area contributed by atoms with Gasteiger partial charge in [0.25, 0.3) is 0 Å². The van der Waals surface area contributed by atoms with Crippen LogP contribution in [0.4, 0.5) is 9.93 Å². The van der Waals surface area contributed by atoms with Crippen molar-refractivity contribution < 1.29 is 19.4 Å². The third-order valence-corrected chi connectivity index (χ3v) is 7.69. The molecule has 7 nitrogen and oxygen atoms in total. The summed E-state index contributed by atoms with van der Waals surface area (Å²) in [6.07, 6.45) is -0.486. The van der Waals surface area contributed by atoms with Gasteiger partial charge in [-0.05, 0) is 93.1 Å². The van der Waals surface area contributed by atoms with Crippen LogP contribution in [0.5, 0.6) is 5.75 Å². The summed E-state index contributed by atoms with van der Waals surface area (Å²) in [5, 5.41) is 16.1. The number of aromatic nitrogens is 1. The first kappa shape index (κ1) is 25.6. The molecule has 1 heterocycles. The molecule has 0 aliphatic heterocycles. The number of ether oxygens (including phenoxy) is 1. The molecular formula is C25H21I2N3O4S.